The first kappa shape index (κ1) is 7.25. The second-order valence-electron chi connectivity index (χ2n) is 2.71. The molecule has 1 rings (SSSR count). The first-order valence-corrected chi connectivity index (χ1v) is 3.53. The van der Waals surface area contributed by atoms with Crippen molar-refractivity contribution in [1.82, 2.24) is 0 Å². The monoisotopic (exact) mass is 141 g/mol. The summed E-state index contributed by atoms with van der Waals surface area (Å²) in [6.07, 6.45) is 3.57. The maximum Gasteiger partial charge on any atom is 0.233 e. The van der Waals surface area contributed by atoms with Gasteiger partial charge in [0.2, 0.25) is 6.04 Å². The van der Waals surface area contributed by atoms with Crippen LogP contribution < -0.4 is 0 Å². The van der Waals surface area contributed by atoms with Gasteiger partial charge in [0.25, 0.3) is 0 Å². The van der Waals surface area contributed by atoms with Gasteiger partial charge >= 0.3 is 0 Å². The largest absolute Gasteiger partial charge is 0.264 e. The van der Waals surface area contributed by atoms with Crippen LogP contribution in [0, 0.1) is 10.1 Å². The van der Waals surface area contributed by atoms with E-state index in [9.17, 15) is 10.1 Å². The molecule has 10 heavy (non-hydrogen) atoms. The maximum absolute atomic E-state index is 10.3. The molecule has 0 aromatic carbocycles. The van der Waals surface area contributed by atoms with E-state index in [-0.39, 0.29) is 4.92 Å². The summed E-state index contributed by atoms with van der Waals surface area (Å²) < 4.78 is 0. The van der Waals surface area contributed by atoms with E-state index in [1.165, 1.54) is 0 Å². The first-order chi connectivity index (χ1) is 4.72. The van der Waals surface area contributed by atoms with Crippen LogP contribution in [0.15, 0.2) is 12.2 Å². The Kier molecular flexibility index (Phi) is 2.04. The minimum Gasteiger partial charge on any atom is -0.264 e. The minimum atomic E-state index is -0.450. The Morgan fingerprint density at radius 2 is 2.30 bits per heavy atom. The molecule has 56 valence electrons. The van der Waals surface area contributed by atoms with Crippen LogP contribution in [0.5, 0.6) is 0 Å². The van der Waals surface area contributed by atoms with E-state index in [1.54, 1.807) is 0 Å². The fraction of sp³-hybridized carbons (Fsp3) is 0.714. The highest BCUT2D eigenvalue weighted by atomic mass is 16.6. The summed E-state index contributed by atoms with van der Waals surface area (Å²) in [4.78, 5) is 10.1. The van der Waals surface area contributed by atoms with Crippen molar-refractivity contribution in [2.45, 2.75) is 31.7 Å². The molecule has 0 heterocycles. The molecule has 1 unspecified atom stereocenters. The molecule has 0 aromatic heterocycles. The molecular formula is C7H11NO2. The minimum absolute atomic E-state index is 0.221. The van der Waals surface area contributed by atoms with E-state index < -0.39 is 6.04 Å². The van der Waals surface area contributed by atoms with E-state index in [0.717, 1.165) is 24.8 Å². The van der Waals surface area contributed by atoms with Crippen LogP contribution in [0.1, 0.15) is 25.7 Å². The van der Waals surface area contributed by atoms with Crippen molar-refractivity contribution in [1.29, 1.82) is 0 Å². The van der Waals surface area contributed by atoms with Gasteiger partial charge < -0.3 is 0 Å². The average Bonchev–Trinajstić information content (AvgIpc) is 1.88. The summed E-state index contributed by atoms with van der Waals surface area (Å²) in [6.45, 7) is 3.68. The molecule has 1 atom stereocenters. The molecule has 1 saturated carbocycles. The molecule has 0 bridgehead atoms. The van der Waals surface area contributed by atoms with Gasteiger partial charge in [0.05, 0.1) is 0 Å². The van der Waals surface area contributed by atoms with E-state index >= 15 is 0 Å². The summed E-state index contributed by atoms with van der Waals surface area (Å²) in [5.74, 6) is 0. The molecular weight excluding hydrogens is 130 g/mol. The van der Waals surface area contributed by atoms with Gasteiger partial charge in [-0.05, 0) is 24.8 Å². The zero-order chi connectivity index (χ0) is 7.56. The van der Waals surface area contributed by atoms with E-state index in [1.807, 2.05) is 0 Å². The lowest BCUT2D eigenvalue weighted by molar-refractivity contribution is -0.514. The summed E-state index contributed by atoms with van der Waals surface area (Å²) in [5, 5.41) is 10.3. The molecule has 1 aliphatic carbocycles. The van der Waals surface area contributed by atoms with Crippen LogP contribution in [-0.2, 0) is 0 Å². The standard InChI is InChI=1S/C7H11NO2/c1-6-4-2-3-5-7(6)8(9)10/h7H,1-5H2. The molecule has 0 N–H and O–H groups in total. The van der Waals surface area contributed by atoms with Gasteiger partial charge in [-0.25, -0.2) is 0 Å². The normalized spacial score (nSPS) is 26.4. The van der Waals surface area contributed by atoms with Crippen molar-refractivity contribution in [3.63, 3.8) is 0 Å². The smallest absolute Gasteiger partial charge is 0.233 e. The lowest BCUT2D eigenvalue weighted by Crippen LogP contribution is -2.24. The zero-order valence-electron chi connectivity index (χ0n) is 5.88. The Morgan fingerprint density at radius 3 is 2.70 bits per heavy atom. The molecule has 3 nitrogen and oxygen atoms in total. The van der Waals surface area contributed by atoms with Gasteiger partial charge in [-0.15, -0.1) is 0 Å². The van der Waals surface area contributed by atoms with Crippen molar-refractivity contribution >= 4 is 0 Å². The summed E-state index contributed by atoms with van der Waals surface area (Å²) in [7, 11) is 0. The van der Waals surface area contributed by atoms with Gasteiger partial charge in [-0.1, -0.05) is 6.58 Å². The molecule has 1 fully saturated rings. The van der Waals surface area contributed by atoms with E-state index in [2.05, 4.69) is 6.58 Å². The molecule has 0 aliphatic heterocycles. The van der Waals surface area contributed by atoms with Crippen molar-refractivity contribution < 1.29 is 4.92 Å². The number of hydrogen-bond donors (Lipinski definition) is 0. The van der Waals surface area contributed by atoms with Gasteiger partial charge in [-0.3, -0.25) is 10.1 Å². The van der Waals surface area contributed by atoms with Crippen molar-refractivity contribution in [3.8, 4) is 0 Å². The second kappa shape index (κ2) is 2.82. The SMILES string of the molecule is C=C1CCCCC1[N+](=O)[O-]. The molecule has 0 amide bonds. The number of nitro groups is 1. The van der Waals surface area contributed by atoms with Crippen molar-refractivity contribution in [2.75, 3.05) is 0 Å². The highest BCUT2D eigenvalue weighted by Gasteiger charge is 2.26. The quantitative estimate of drug-likeness (QED) is 0.317. The molecule has 0 aromatic rings. The highest BCUT2D eigenvalue weighted by molar-refractivity contribution is 5.04. The zero-order valence-corrected chi connectivity index (χ0v) is 5.88. The average molecular weight is 141 g/mol. The molecule has 0 spiro atoms. The van der Waals surface area contributed by atoms with Crippen LogP contribution in [0.3, 0.4) is 0 Å². The van der Waals surface area contributed by atoms with E-state index in [0.29, 0.717) is 6.42 Å². The lowest BCUT2D eigenvalue weighted by Gasteiger charge is -2.16. The molecule has 0 radical (unpaired) electrons. The fourth-order valence-corrected chi connectivity index (χ4v) is 1.31. The lowest BCUT2D eigenvalue weighted by atomic mass is 9.92. The Balaban J connectivity index is 2.56. The van der Waals surface area contributed by atoms with Crippen molar-refractivity contribution in [2.24, 2.45) is 0 Å². The topological polar surface area (TPSA) is 43.1 Å². The summed E-state index contributed by atoms with van der Waals surface area (Å²) in [6, 6.07) is -0.450. The van der Waals surface area contributed by atoms with Gasteiger partial charge in [0.1, 0.15) is 0 Å². The molecule has 3 heteroatoms. The third-order valence-corrected chi connectivity index (χ3v) is 1.95. The Morgan fingerprint density at radius 1 is 1.60 bits per heavy atom. The third-order valence-electron chi connectivity index (χ3n) is 1.95. The Hall–Kier alpha value is -0.860. The predicted molar refractivity (Wildman–Crippen MR) is 38.4 cm³/mol. The van der Waals surface area contributed by atoms with Crippen LogP contribution in [0.25, 0.3) is 0 Å². The first-order valence-electron chi connectivity index (χ1n) is 3.53. The Labute approximate surface area is 59.9 Å². The fourth-order valence-electron chi connectivity index (χ4n) is 1.31. The number of nitrogens with zero attached hydrogens (tertiary/aromatic N) is 1. The van der Waals surface area contributed by atoms with Crippen LogP contribution in [-0.4, -0.2) is 11.0 Å². The highest BCUT2D eigenvalue weighted by Crippen LogP contribution is 2.23. The number of hydrogen-bond acceptors (Lipinski definition) is 2. The van der Waals surface area contributed by atoms with Gasteiger partial charge in [-0.2, -0.15) is 0 Å². The van der Waals surface area contributed by atoms with E-state index in [4.69, 9.17) is 0 Å². The Bertz CT molecular complexity index is 165. The van der Waals surface area contributed by atoms with Gasteiger partial charge in [0.15, 0.2) is 0 Å². The van der Waals surface area contributed by atoms with Crippen LogP contribution in [0.4, 0.5) is 0 Å². The molecule has 1 aliphatic rings. The van der Waals surface area contributed by atoms with Gasteiger partial charge in [0, 0.05) is 11.3 Å². The maximum atomic E-state index is 10.3. The van der Waals surface area contributed by atoms with Crippen molar-refractivity contribution in [3.05, 3.63) is 22.3 Å². The molecule has 0 saturated heterocycles. The van der Waals surface area contributed by atoms with Crippen LogP contribution in [0.2, 0.25) is 0 Å². The summed E-state index contributed by atoms with van der Waals surface area (Å²) in [5.41, 5.74) is 0.802. The summed E-state index contributed by atoms with van der Waals surface area (Å²) >= 11 is 0. The van der Waals surface area contributed by atoms with Crippen LogP contribution >= 0.6 is 0 Å². The predicted octanol–water partition coefficient (Wildman–Crippen LogP) is 1.76. The number of rotatable bonds is 1. The second-order valence-corrected chi connectivity index (χ2v) is 2.71. The third kappa shape index (κ3) is 1.35.